The number of halogens is 2. The average Bonchev–Trinajstić information content (AvgIpc) is 2.32. The maximum atomic E-state index is 13.2. The Bertz CT molecular complexity index is 503. The number of nitrogens with zero attached hydrogens (tertiary/aromatic N) is 3. The largest absolute Gasteiger partial charge is 0.460 e. The number of esters is 1. The molecule has 18 heavy (non-hydrogen) atoms. The van der Waals surface area contributed by atoms with E-state index in [2.05, 4.69) is 20.1 Å². The van der Waals surface area contributed by atoms with Crippen molar-refractivity contribution in [1.29, 1.82) is 0 Å². The minimum Gasteiger partial charge on any atom is -0.460 e. The molecule has 1 rings (SSSR count). The van der Waals surface area contributed by atoms with Gasteiger partial charge < -0.3 is 10.6 Å². The summed E-state index contributed by atoms with van der Waals surface area (Å²) in [5.41, 5.74) is -0.248. The molecule has 0 spiro atoms. The van der Waals surface area contributed by atoms with E-state index in [1.807, 2.05) is 0 Å². The molecular formula is C10H10F2N4O2. The van der Waals surface area contributed by atoms with E-state index in [-0.39, 0.29) is 12.3 Å². The van der Waals surface area contributed by atoms with Crippen molar-refractivity contribution in [2.45, 2.75) is 6.92 Å². The molecule has 0 aromatic heterocycles. The number of hydrogen-bond acceptors (Lipinski definition) is 5. The fourth-order valence-corrected chi connectivity index (χ4v) is 0.979. The number of azo groups is 1. The third-order valence-corrected chi connectivity index (χ3v) is 1.74. The van der Waals surface area contributed by atoms with Gasteiger partial charge in [-0.2, -0.15) is 5.10 Å². The van der Waals surface area contributed by atoms with E-state index in [0.717, 1.165) is 12.1 Å². The summed E-state index contributed by atoms with van der Waals surface area (Å²) in [5.74, 6) is 1.85. The Morgan fingerprint density at radius 2 is 2.17 bits per heavy atom. The van der Waals surface area contributed by atoms with E-state index in [1.165, 1.54) is 0 Å². The summed E-state index contributed by atoms with van der Waals surface area (Å²) >= 11 is 0. The smallest absolute Gasteiger partial charge is 0.380 e. The van der Waals surface area contributed by atoms with Crippen molar-refractivity contribution in [3.63, 3.8) is 0 Å². The molecule has 0 bridgehead atoms. The van der Waals surface area contributed by atoms with Crippen LogP contribution >= 0.6 is 0 Å². The number of amidine groups is 1. The van der Waals surface area contributed by atoms with Crippen LogP contribution in [0.15, 0.2) is 33.5 Å². The number of carbonyl (C=O) groups excluding carboxylic acids is 1. The highest BCUT2D eigenvalue weighted by Crippen LogP contribution is 2.18. The summed E-state index contributed by atoms with van der Waals surface area (Å²) in [4.78, 5) is 11.2. The third-order valence-electron chi connectivity index (χ3n) is 1.74. The molecule has 1 aromatic rings. The number of benzene rings is 1. The van der Waals surface area contributed by atoms with Gasteiger partial charge in [-0.25, -0.2) is 13.6 Å². The van der Waals surface area contributed by atoms with Gasteiger partial charge in [-0.05, 0) is 19.1 Å². The molecule has 0 aliphatic carbocycles. The standard InChI is InChI=1S/C10H10F2N4O2/c1-2-18-10(17)9(14-13)16-15-8-4-3-6(11)5-7(8)12/h3-5H,2,13H2,1H3/b14-9-,16-15?. The van der Waals surface area contributed by atoms with Crippen molar-refractivity contribution in [3.8, 4) is 0 Å². The second kappa shape index (κ2) is 6.38. The molecule has 6 nitrogen and oxygen atoms in total. The molecule has 2 N–H and O–H groups in total. The monoisotopic (exact) mass is 256 g/mol. The quantitative estimate of drug-likeness (QED) is 0.219. The molecule has 0 amide bonds. The summed E-state index contributed by atoms with van der Waals surface area (Å²) in [6, 6.07) is 2.70. The fourth-order valence-electron chi connectivity index (χ4n) is 0.979. The lowest BCUT2D eigenvalue weighted by Gasteiger charge is -1.99. The number of rotatable bonds is 2. The Hall–Kier alpha value is -2.38. The van der Waals surface area contributed by atoms with Gasteiger partial charge in [0.25, 0.3) is 5.84 Å². The van der Waals surface area contributed by atoms with Gasteiger partial charge in [-0.15, -0.1) is 10.2 Å². The number of carbonyl (C=O) groups is 1. The lowest BCUT2D eigenvalue weighted by molar-refractivity contribution is -0.135. The summed E-state index contributed by atoms with van der Waals surface area (Å²) < 4.78 is 30.4. The maximum absolute atomic E-state index is 13.2. The second-order valence-electron chi connectivity index (χ2n) is 2.97. The maximum Gasteiger partial charge on any atom is 0.380 e. The fraction of sp³-hybridized carbons (Fsp3) is 0.200. The Labute approximate surface area is 101 Å². The molecule has 0 fully saturated rings. The first-order valence-electron chi connectivity index (χ1n) is 4.90. The van der Waals surface area contributed by atoms with E-state index in [9.17, 15) is 13.6 Å². The van der Waals surface area contributed by atoms with Crippen LogP contribution in [0.1, 0.15) is 6.92 Å². The molecule has 0 atom stereocenters. The van der Waals surface area contributed by atoms with Crippen molar-refractivity contribution in [1.82, 2.24) is 0 Å². The summed E-state index contributed by atoms with van der Waals surface area (Å²) in [7, 11) is 0. The van der Waals surface area contributed by atoms with Crippen LogP contribution < -0.4 is 5.84 Å². The lowest BCUT2D eigenvalue weighted by atomic mass is 10.3. The topological polar surface area (TPSA) is 89.4 Å². The molecular weight excluding hydrogens is 246 g/mol. The van der Waals surface area contributed by atoms with Gasteiger partial charge >= 0.3 is 5.97 Å². The minimum absolute atomic E-state index is 0.109. The Kier molecular flexibility index (Phi) is 4.85. The predicted octanol–water partition coefficient (Wildman–Crippen LogP) is 1.88. The van der Waals surface area contributed by atoms with E-state index >= 15 is 0 Å². The van der Waals surface area contributed by atoms with Gasteiger partial charge in [0.2, 0.25) is 0 Å². The van der Waals surface area contributed by atoms with Crippen molar-refractivity contribution < 1.29 is 18.3 Å². The van der Waals surface area contributed by atoms with Crippen LogP contribution in [0.4, 0.5) is 14.5 Å². The predicted molar refractivity (Wildman–Crippen MR) is 59.1 cm³/mol. The van der Waals surface area contributed by atoms with Crippen LogP contribution in [-0.2, 0) is 9.53 Å². The molecule has 0 saturated carbocycles. The lowest BCUT2D eigenvalue weighted by Crippen LogP contribution is -2.16. The summed E-state index contributed by atoms with van der Waals surface area (Å²) in [6.45, 7) is 1.70. The van der Waals surface area contributed by atoms with Crippen molar-refractivity contribution in [3.05, 3.63) is 29.8 Å². The molecule has 0 radical (unpaired) electrons. The SMILES string of the molecule is CCOC(=O)/C(N=Nc1ccc(F)cc1F)=N/N. The molecule has 0 heterocycles. The van der Waals surface area contributed by atoms with Gasteiger partial charge in [-0.1, -0.05) is 0 Å². The normalized spacial score (nSPS) is 11.8. The molecule has 0 aliphatic rings. The van der Waals surface area contributed by atoms with Crippen molar-refractivity contribution in [2.24, 2.45) is 21.2 Å². The van der Waals surface area contributed by atoms with Gasteiger partial charge in [-0.3, -0.25) is 0 Å². The molecule has 8 heteroatoms. The zero-order chi connectivity index (χ0) is 13.5. The first kappa shape index (κ1) is 13.7. The third kappa shape index (κ3) is 3.58. The molecule has 0 saturated heterocycles. The van der Waals surface area contributed by atoms with Gasteiger partial charge in [0.15, 0.2) is 5.82 Å². The second-order valence-corrected chi connectivity index (χ2v) is 2.97. The van der Waals surface area contributed by atoms with E-state index in [4.69, 9.17) is 5.84 Å². The van der Waals surface area contributed by atoms with Crippen LogP contribution in [0, 0.1) is 11.6 Å². The Balaban J connectivity index is 2.88. The number of nitrogens with two attached hydrogens (primary N) is 1. The van der Waals surface area contributed by atoms with Crippen molar-refractivity contribution in [2.75, 3.05) is 6.61 Å². The highest BCUT2D eigenvalue weighted by molar-refractivity contribution is 6.35. The molecule has 1 aromatic carbocycles. The Morgan fingerprint density at radius 1 is 1.44 bits per heavy atom. The zero-order valence-corrected chi connectivity index (χ0v) is 9.43. The van der Waals surface area contributed by atoms with Crippen LogP contribution in [0.5, 0.6) is 0 Å². The molecule has 96 valence electrons. The van der Waals surface area contributed by atoms with Crippen LogP contribution in [0.2, 0.25) is 0 Å². The van der Waals surface area contributed by atoms with Crippen LogP contribution in [-0.4, -0.2) is 18.4 Å². The van der Waals surface area contributed by atoms with E-state index in [0.29, 0.717) is 6.07 Å². The number of ether oxygens (including phenoxy) is 1. The van der Waals surface area contributed by atoms with Gasteiger partial charge in [0.1, 0.15) is 11.5 Å². The molecule has 0 aliphatic heterocycles. The van der Waals surface area contributed by atoms with Gasteiger partial charge in [0.05, 0.1) is 6.61 Å². The van der Waals surface area contributed by atoms with Crippen LogP contribution in [0.25, 0.3) is 0 Å². The van der Waals surface area contributed by atoms with E-state index in [1.54, 1.807) is 6.92 Å². The van der Waals surface area contributed by atoms with Crippen molar-refractivity contribution >= 4 is 17.5 Å². The van der Waals surface area contributed by atoms with Gasteiger partial charge in [0, 0.05) is 6.07 Å². The number of hydrogen-bond donors (Lipinski definition) is 1. The first-order valence-corrected chi connectivity index (χ1v) is 4.90. The summed E-state index contributed by atoms with van der Waals surface area (Å²) in [6.07, 6.45) is 0. The number of hydrazone groups is 1. The Morgan fingerprint density at radius 3 is 2.72 bits per heavy atom. The highest BCUT2D eigenvalue weighted by atomic mass is 19.1. The highest BCUT2D eigenvalue weighted by Gasteiger charge is 2.12. The first-order chi connectivity index (χ1) is 8.58. The van der Waals surface area contributed by atoms with Crippen LogP contribution in [0.3, 0.4) is 0 Å². The zero-order valence-electron chi connectivity index (χ0n) is 9.43. The minimum atomic E-state index is -0.918. The molecule has 0 unspecified atom stereocenters. The van der Waals surface area contributed by atoms with E-state index < -0.39 is 23.4 Å². The summed E-state index contributed by atoms with van der Waals surface area (Å²) in [5, 5.41) is 9.78. The average molecular weight is 256 g/mol.